The summed E-state index contributed by atoms with van der Waals surface area (Å²) in [6.45, 7) is 9.06. The van der Waals surface area contributed by atoms with Gasteiger partial charge < -0.3 is 9.04 Å². The Hall–Kier alpha value is -0.200. The average molecular weight is 229 g/mol. The normalized spacial score (nSPS) is 12.7. The summed E-state index contributed by atoms with van der Waals surface area (Å²) in [5, 5.41) is 0. The third-order valence-corrected chi connectivity index (χ3v) is 2.66. The van der Waals surface area contributed by atoms with Gasteiger partial charge in [0, 0.05) is 0 Å². The number of hydrogen-bond acceptors (Lipinski definition) is 3. The van der Waals surface area contributed by atoms with E-state index in [1.54, 1.807) is 0 Å². The standard InChI is InChI=1S/C8H20N.FHO3S/c1-7(2)9(5,6)8(3)4;1-5(2,3)4/h7-8H,1-6H3;(H,2,3,4)/q+1;/p-1. The van der Waals surface area contributed by atoms with Gasteiger partial charge in [0.2, 0.25) is 0 Å². The minimum atomic E-state index is -5.42. The molecule has 0 fully saturated rings. The summed E-state index contributed by atoms with van der Waals surface area (Å²) in [6, 6.07) is 1.45. The van der Waals surface area contributed by atoms with E-state index in [0.29, 0.717) is 0 Å². The highest BCUT2D eigenvalue weighted by Gasteiger charge is 2.22. The second kappa shape index (κ2) is 5.63. The van der Waals surface area contributed by atoms with E-state index in [4.69, 9.17) is 13.0 Å². The van der Waals surface area contributed by atoms with Crippen LogP contribution < -0.4 is 0 Å². The van der Waals surface area contributed by atoms with Crippen LogP contribution in [0, 0.1) is 0 Å². The minimum Gasteiger partial charge on any atom is -0.722 e. The molecule has 0 aliphatic carbocycles. The third-order valence-electron chi connectivity index (χ3n) is 2.66. The van der Waals surface area contributed by atoms with Crippen molar-refractivity contribution in [1.29, 1.82) is 0 Å². The van der Waals surface area contributed by atoms with E-state index >= 15 is 0 Å². The smallest absolute Gasteiger partial charge is 0.255 e. The maximum absolute atomic E-state index is 10.1. The van der Waals surface area contributed by atoms with Crippen LogP contribution in [0.1, 0.15) is 27.7 Å². The molecule has 14 heavy (non-hydrogen) atoms. The summed E-state index contributed by atoms with van der Waals surface area (Å²) in [4.78, 5) is 0. The van der Waals surface area contributed by atoms with Gasteiger partial charge in [0.25, 0.3) is 10.5 Å². The first-order valence-corrected chi connectivity index (χ1v) is 5.68. The molecule has 0 atom stereocenters. The van der Waals surface area contributed by atoms with Gasteiger partial charge >= 0.3 is 0 Å². The van der Waals surface area contributed by atoms with Gasteiger partial charge in [-0.05, 0) is 27.7 Å². The summed E-state index contributed by atoms with van der Waals surface area (Å²) in [5.41, 5.74) is 0. The molecular formula is C8H20FNO3S. The van der Waals surface area contributed by atoms with Gasteiger partial charge in [0.05, 0.1) is 26.2 Å². The first-order chi connectivity index (χ1) is 5.89. The molecule has 0 aromatic carbocycles. The zero-order valence-electron chi connectivity index (χ0n) is 9.61. The van der Waals surface area contributed by atoms with Gasteiger partial charge in [-0.25, -0.2) is 8.42 Å². The largest absolute Gasteiger partial charge is 0.722 e. The molecule has 0 N–H and O–H groups in total. The van der Waals surface area contributed by atoms with Gasteiger partial charge in [0.15, 0.2) is 0 Å². The van der Waals surface area contributed by atoms with Crippen LogP contribution in [0.15, 0.2) is 0 Å². The first-order valence-electron chi connectivity index (χ1n) is 4.37. The minimum absolute atomic E-state index is 0.727. The fraction of sp³-hybridized carbons (Fsp3) is 1.00. The van der Waals surface area contributed by atoms with E-state index < -0.39 is 10.5 Å². The van der Waals surface area contributed by atoms with Gasteiger partial charge in [-0.2, -0.15) is 0 Å². The summed E-state index contributed by atoms with van der Waals surface area (Å²) >= 11 is 0. The van der Waals surface area contributed by atoms with Gasteiger partial charge in [0.1, 0.15) is 0 Å². The van der Waals surface area contributed by atoms with Crippen LogP contribution >= 0.6 is 0 Å². The van der Waals surface area contributed by atoms with Crippen LogP contribution in [0.25, 0.3) is 0 Å². The van der Waals surface area contributed by atoms with Crippen LogP contribution in [0.3, 0.4) is 0 Å². The van der Waals surface area contributed by atoms with E-state index in [-0.39, 0.29) is 0 Å². The Morgan fingerprint density at radius 2 is 1.21 bits per heavy atom. The maximum atomic E-state index is 10.1. The highest BCUT2D eigenvalue weighted by atomic mass is 32.3. The molecule has 88 valence electrons. The Kier molecular flexibility index (Phi) is 6.52. The molecule has 0 aromatic rings. The molecule has 0 radical (unpaired) electrons. The Morgan fingerprint density at radius 1 is 1.07 bits per heavy atom. The number of quaternary nitrogens is 1. The number of rotatable bonds is 2. The Balaban J connectivity index is 0. The number of nitrogens with zero attached hydrogens (tertiary/aromatic N) is 1. The monoisotopic (exact) mass is 229 g/mol. The lowest BCUT2D eigenvalue weighted by Gasteiger charge is -2.38. The molecule has 6 heteroatoms. The van der Waals surface area contributed by atoms with Crippen molar-refractivity contribution in [3.63, 3.8) is 0 Å². The van der Waals surface area contributed by atoms with E-state index in [2.05, 4.69) is 41.8 Å². The second-order valence-electron chi connectivity index (χ2n) is 4.21. The quantitative estimate of drug-likeness (QED) is 0.407. The molecule has 0 heterocycles. The van der Waals surface area contributed by atoms with Gasteiger partial charge in [-0.3, -0.25) is 0 Å². The third kappa shape index (κ3) is 9.88. The molecule has 0 rings (SSSR count). The average Bonchev–Trinajstić information content (AvgIpc) is 1.82. The van der Waals surface area contributed by atoms with E-state index in [9.17, 15) is 3.89 Å². The number of halogens is 1. The molecule has 0 spiro atoms. The molecule has 0 aliphatic rings. The molecule has 0 saturated heterocycles. The molecule has 0 saturated carbocycles. The fourth-order valence-corrected chi connectivity index (χ4v) is 0.596. The molecule has 0 amide bonds. The van der Waals surface area contributed by atoms with Crippen LogP contribution in [0.4, 0.5) is 3.89 Å². The van der Waals surface area contributed by atoms with E-state index in [1.807, 2.05) is 0 Å². The first kappa shape index (κ1) is 16.2. The Bertz CT molecular complexity index is 229. The van der Waals surface area contributed by atoms with Crippen molar-refractivity contribution in [2.75, 3.05) is 14.1 Å². The molecule has 0 aliphatic heterocycles. The summed E-state index contributed by atoms with van der Waals surface area (Å²) in [6.07, 6.45) is 0. The molecule has 0 unspecified atom stereocenters. The zero-order chi connectivity index (χ0) is 12.2. The van der Waals surface area contributed by atoms with Gasteiger partial charge in [-0.1, -0.05) is 0 Å². The zero-order valence-corrected chi connectivity index (χ0v) is 10.4. The van der Waals surface area contributed by atoms with E-state index in [1.165, 1.54) is 0 Å². The lowest BCUT2D eigenvalue weighted by molar-refractivity contribution is -0.931. The van der Waals surface area contributed by atoms with Crippen molar-refractivity contribution in [3.8, 4) is 0 Å². The summed E-state index contributed by atoms with van der Waals surface area (Å²) in [5.74, 6) is 0. The lowest BCUT2D eigenvalue weighted by Crippen LogP contribution is -2.50. The van der Waals surface area contributed by atoms with Crippen molar-refractivity contribution in [2.45, 2.75) is 39.8 Å². The van der Waals surface area contributed by atoms with Crippen molar-refractivity contribution in [1.82, 2.24) is 0 Å². The Morgan fingerprint density at radius 3 is 1.21 bits per heavy atom. The molecular weight excluding hydrogens is 209 g/mol. The van der Waals surface area contributed by atoms with Gasteiger partial charge in [-0.15, -0.1) is 3.89 Å². The SMILES string of the molecule is CC(C)[N+](C)(C)C(C)C.O=S(=O)([O-])F. The number of hydrogen-bond donors (Lipinski definition) is 0. The van der Waals surface area contributed by atoms with Crippen molar-refractivity contribution in [2.24, 2.45) is 0 Å². The summed E-state index contributed by atoms with van der Waals surface area (Å²) in [7, 11) is -0.870. The van der Waals surface area contributed by atoms with Crippen LogP contribution in [-0.2, 0) is 10.5 Å². The van der Waals surface area contributed by atoms with Crippen molar-refractivity contribution < 1.29 is 21.3 Å². The van der Waals surface area contributed by atoms with Crippen LogP contribution in [0.2, 0.25) is 0 Å². The maximum Gasteiger partial charge on any atom is 0.255 e. The van der Waals surface area contributed by atoms with Crippen LogP contribution in [-0.4, -0.2) is 43.6 Å². The van der Waals surface area contributed by atoms with Crippen LogP contribution in [0.5, 0.6) is 0 Å². The topological polar surface area (TPSA) is 57.2 Å². The Labute approximate surface area is 86.4 Å². The lowest BCUT2D eigenvalue weighted by atomic mass is 10.2. The molecule has 0 bridgehead atoms. The highest BCUT2D eigenvalue weighted by molar-refractivity contribution is 7.80. The summed E-state index contributed by atoms with van der Waals surface area (Å²) < 4.78 is 36.4. The fourth-order valence-electron chi connectivity index (χ4n) is 0.596. The van der Waals surface area contributed by atoms with Crippen molar-refractivity contribution >= 4 is 10.5 Å². The molecule has 0 aromatic heterocycles. The highest BCUT2D eigenvalue weighted by Crippen LogP contribution is 2.10. The second-order valence-corrected chi connectivity index (χ2v) is 5.00. The van der Waals surface area contributed by atoms with E-state index in [0.717, 1.165) is 16.6 Å². The predicted octanol–water partition coefficient (Wildman–Crippen LogP) is 1.30. The molecule has 4 nitrogen and oxygen atoms in total. The van der Waals surface area contributed by atoms with Crippen molar-refractivity contribution in [3.05, 3.63) is 0 Å². The predicted molar refractivity (Wildman–Crippen MR) is 53.2 cm³/mol.